The number of halogens is 1. The highest BCUT2D eigenvalue weighted by molar-refractivity contribution is 5.39. The van der Waals surface area contributed by atoms with Crippen LogP contribution in [0.1, 0.15) is 18.5 Å². The number of aliphatic hydroxyl groups excluding tert-OH is 1. The molecule has 0 bridgehead atoms. The number of rotatable bonds is 2. The third kappa shape index (κ3) is 2.41. The molecule has 0 saturated carbocycles. The summed E-state index contributed by atoms with van der Waals surface area (Å²) < 4.78 is 12.9. The maximum atomic E-state index is 12.9. The molecule has 1 N–H and O–H groups in total. The smallest absolute Gasteiger partial charge is 0.132 e. The largest absolute Gasteiger partial charge is 0.390 e. The fourth-order valence-electron chi connectivity index (χ4n) is 1.72. The first-order valence-electron chi connectivity index (χ1n) is 5.10. The van der Waals surface area contributed by atoms with E-state index < -0.39 is 6.17 Å². The van der Waals surface area contributed by atoms with Gasteiger partial charge in [0.25, 0.3) is 0 Å². The van der Waals surface area contributed by atoms with Crippen molar-refractivity contribution < 1.29 is 9.50 Å². The van der Waals surface area contributed by atoms with Crippen LogP contribution in [0.4, 0.5) is 10.2 Å². The summed E-state index contributed by atoms with van der Waals surface area (Å²) in [7, 11) is 0. The van der Waals surface area contributed by atoms with Gasteiger partial charge in [0.2, 0.25) is 0 Å². The monoisotopic (exact) mass is 211 g/mol. The zero-order chi connectivity index (χ0) is 10.7. The lowest BCUT2D eigenvalue weighted by atomic mass is 10.1. The van der Waals surface area contributed by atoms with Gasteiger partial charge in [0.05, 0.1) is 12.3 Å². The quantitative estimate of drug-likeness (QED) is 0.789. The standard InChI is InChI=1S/C10H14FN3O/c11-8-1-3-14(4-2-8)10-5-9(6-15)12-7-13-10/h5,7-8,15H,1-4,6H2. The van der Waals surface area contributed by atoms with Gasteiger partial charge < -0.3 is 10.0 Å². The van der Waals surface area contributed by atoms with Crippen molar-refractivity contribution in [2.75, 3.05) is 18.0 Å². The highest BCUT2D eigenvalue weighted by Crippen LogP contribution is 2.19. The number of hydrogen-bond acceptors (Lipinski definition) is 4. The molecule has 0 spiro atoms. The van der Waals surface area contributed by atoms with Gasteiger partial charge in [-0.25, -0.2) is 14.4 Å². The van der Waals surface area contributed by atoms with Crippen molar-refractivity contribution in [1.29, 1.82) is 0 Å². The van der Waals surface area contributed by atoms with Crippen LogP contribution in [0.5, 0.6) is 0 Å². The van der Waals surface area contributed by atoms with Crippen LogP contribution in [-0.4, -0.2) is 34.3 Å². The van der Waals surface area contributed by atoms with Crippen LogP contribution < -0.4 is 4.90 Å². The predicted octanol–water partition coefficient (Wildman–Crippen LogP) is 0.907. The van der Waals surface area contributed by atoms with E-state index in [1.54, 1.807) is 6.07 Å². The molecule has 1 aromatic rings. The van der Waals surface area contributed by atoms with E-state index in [1.807, 2.05) is 4.90 Å². The Bertz CT molecular complexity index is 326. The van der Waals surface area contributed by atoms with Crippen molar-refractivity contribution in [3.8, 4) is 0 Å². The highest BCUT2D eigenvalue weighted by atomic mass is 19.1. The van der Waals surface area contributed by atoms with Crippen molar-refractivity contribution in [2.24, 2.45) is 0 Å². The Morgan fingerprint density at radius 2 is 2.13 bits per heavy atom. The average molecular weight is 211 g/mol. The Balaban J connectivity index is 2.08. The van der Waals surface area contributed by atoms with Crippen LogP contribution in [-0.2, 0) is 6.61 Å². The number of nitrogens with zero attached hydrogens (tertiary/aromatic N) is 3. The fourth-order valence-corrected chi connectivity index (χ4v) is 1.72. The van der Waals surface area contributed by atoms with Gasteiger partial charge in [-0.2, -0.15) is 0 Å². The van der Waals surface area contributed by atoms with Gasteiger partial charge in [-0.3, -0.25) is 0 Å². The van der Waals surface area contributed by atoms with Crippen molar-refractivity contribution in [1.82, 2.24) is 9.97 Å². The molecule has 0 radical (unpaired) electrons. The van der Waals surface area contributed by atoms with Gasteiger partial charge in [-0.05, 0) is 12.8 Å². The summed E-state index contributed by atoms with van der Waals surface area (Å²) in [6.45, 7) is 1.28. The summed E-state index contributed by atoms with van der Waals surface area (Å²) in [5.41, 5.74) is 0.599. The average Bonchev–Trinajstić information content (AvgIpc) is 2.30. The molecule has 0 atom stereocenters. The second-order valence-electron chi connectivity index (χ2n) is 3.69. The SMILES string of the molecule is OCc1cc(N2CCC(F)CC2)ncn1. The summed E-state index contributed by atoms with van der Waals surface area (Å²) >= 11 is 0. The van der Waals surface area contributed by atoms with E-state index in [0.29, 0.717) is 31.6 Å². The van der Waals surface area contributed by atoms with Crippen molar-refractivity contribution >= 4 is 5.82 Å². The molecule has 5 heteroatoms. The minimum absolute atomic E-state index is 0.0882. The van der Waals surface area contributed by atoms with E-state index in [9.17, 15) is 4.39 Å². The molecule has 1 aromatic heterocycles. The maximum absolute atomic E-state index is 12.9. The van der Waals surface area contributed by atoms with E-state index in [0.717, 1.165) is 5.82 Å². The number of alkyl halides is 1. The molecule has 0 aromatic carbocycles. The minimum atomic E-state index is -0.680. The first kappa shape index (κ1) is 10.3. The molecule has 1 aliphatic heterocycles. The molecule has 1 saturated heterocycles. The molecule has 2 rings (SSSR count). The van der Waals surface area contributed by atoms with E-state index in [1.165, 1.54) is 6.33 Å². The summed E-state index contributed by atoms with van der Waals surface area (Å²) in [5, 5.41) is 8.93. The third-order valence-electron chi connectivity index (χ3n) is 2.62. The summed E-state index contributed by atoms with van der Waals surface area (Å²) in [6, 6.07) is 1.75. The minimum Gasteiger partial charge on any atom is -0.390 e. The van der Waals surface area contributed by atoms with Gasteiger partial charge in [0, 0.05) is 19.2 Å². The van der Waals surface area contributed by atoms with Gasteiger partial charge in [0.1, 0.15) is 18.3 Å². The number of piperidine rings is 1. The Morgan fingerprint density at radius 1 is 1.40 bits per heavy atom. The highest BCUT2D eigenvalue weighted by Gasteiger charge is 2.19. The topological polar surface area (TPSA) is 49.2 Å². The van der Waals surface area contributed by atoms with E-state index in [-0.39, 0.29) is 6.61 Å². The number of anilines is 1. The molecule has 0 unspecified atom stereocenters. The zero-order valence-electron chi connectivity index (χ0n) is 8.43. The second kappa shape index (κ2) is 4.53. The summed E-state index contributed by atoms with van der Waals surface area (Å²) in [5.74, 6) is 0.779. The molecule has 82 valence electrons. The lowest BCUT2D eigenvalue weighted by molar-refractivity contribution is 0.273. The third-order valence-corrected chi connectivity index (χ3v) is 2.62. The van der Waals surface area contributed by atoms with Crippen molar-refractivity contribution in [3.63, 3.8) is 0 Å². The molecule has 15 heavy (non-hydrogen) atoms. The van der Waals surface area contributed by atoms with Crippen molar-refractivity contribution in [2.45, 2.75) is 25.6 Å². The molecule has 1 aliphatic rings. The second-order valence-corrected chi connectivity index (χ2v) is 3.69. The number of aliphatic hydroxyl groups is 1. The zero-order valence-corrected chi connectivity index (χ0v) is 8.43. The Morgan fingerprint density at radius 3 is 2.80 bits per heavy atom. The fraction of sp³-hybridized carbons (Fsp3) is 0.600. The molecule has 2 heterocycles. The van der Waals surface area contributed by atoms with Gasteiger partial charge in [-0.1, -0.05) is 0 Å². The first-order chi connectivity index (χ1) is 7.29. The first-order valence-corrected chi connectivity index (χ1v) is 5.10. The van der Waals surface area contributed by atoms with Gasteiger partial charge in [-0.15, -0.1) is 0 Å². The van der Waals surface area contributed by atoms with Crippen LogP contribution in [0.2, 0.25) is 0 Å². The van der Waals surface area contributed by atoms with Crippen LogP contribution in [0.15, 0.2) is 12.4 Å². The number of hydrogen-bond donors (Lipinski definition) is 1. The summed E-state index contributed by atoms with van der Waals surface area (Å²) in [6.07, 6.45) is 1.86. The van der Waals surface area contributed by atoms with Crippen LogP contribution >= 0.6 is 0 Å². The molecular formula is C10H14FN3O. The normalized spacial score (nSPS) is 18.1. The van der Waals surface area contributed by atoms with Crippen LogP contribution in [0, 0.1) is 0 Å². The lowest BCUT2D eigenvalue weighted by Crippen LogP contribution is -2.35. The van der Waals surface area contributed by atoms with Gasteiger partial charge in [0.15, 0.2) is 0 Å². The lowest BCUT2D eigenvalue weighted by Gasteiger charge is -2.29. The van der Waals surface area contributed by atoms with Gasteiger partial charge >= 0.3 is 0 Å². The molecule has 1 fully saturated rings. The van der Waals surface area contributed by atoms with E-state index in [4.69, 9.17) is 5.11 Å². The van der Waals surface area contributed by atoms with E-state index in [2.05, 4.69) is 9.97 Å². The van der Waals surface area contributed by atoms with Crippen molar-refractivity contribution in [3.05, 3.63) is 18.1 Å². The Hall–Kier alpha value is -1.23. The Labute approximate surface area is 87.8 Å². The van der Waals surface area contributed by atoms with Crippen LogP contribution in [0.3, 0.4) is 0 Å². The maximum Gasteiger partial charge on any atom is 0.132 e. The summed E-state index contributed by atoms with van der Waals surface area (Å²) in [4.78, 5) is 10.0. The Kier molecular flexibility index (Phi) is 3.11. The molecule has 0 aliphatic carbocycles. The molecule has 0 amide bonds. The predicted molar refractivity (Wildman–Crippen MR) is 54.3 cm³/mol. The number of aromatic nitrogens is 2. The van der Waals surface area contributed by atoms with E-state index >= 15 is 0 Å². The molecular weight excluding hydrogens is 197 g/mol. The molecule has 4 nitrogen and oxygen atoms in total. The van der Waals surface area contributed by atoms with Crippen LogP contribution in [0.25, 0.3) is 0 Å².